The molecule has 2 aliphatic rings. The minimum Gasteiger partial charge on any atom is -0.486 e. The predicted molar refractivity (Wildman–Crippen MR) is 108 cm³/mol. The van der Waals surface area contributed by atoms with Crippen molar-refractivity contribution in [3.05, 3.63) is 54.6 Å². The second-order valence-electron chi connectivity index (χ2n) is 7.03. The second kappa shape index (κ2) is 7.83. The summed E-state index contributed by atoms with van der Waals surface area (Å²) < 4.78 is 11.6. The highest BCUT2D eigenvalue weighted by Gasteiger charge is 2.36. The molecule has 2 amide bonds. The van der Waals surface area contributed by atoms with E-state index in [0.29, 0.717) is 30.3 Å². The third-order valence-electron chi connectivity index (χ3n) is 4.90. The van der Waals surface area contributed by atoms with E-state index in [-0.39, 0.29) is 24.1 Å². The Hall–Kier alpha value is -3.55. The van der Waals surface area contributed by atoms with Crippen molar-refractivity contribution >= 4 is 23.2 Å². The lowest BCUT2D eigenvalue weighted by atomic mass is 10.1. The fraction of sp³-hybridized carbons (Fsp3) is 0.286. The molecule has 0 fully saturated rings. The molecule has 2 aliphatic heterocycles. The van der Waals surface area contributed by atoms with Crippen LogP contribution in [0.25, 0.3) is 0 Å². The molecule has 0 aromatic heterocycles. The van der Waals surface area contributed by atoms with Gasteiger partial charge in [-0.3, -0.25) is 14.6 Å². The number of hydrogen-bond acceptors (Lipinski definition) is 6. The molecule has 2 N–H and O–H groups in total. The van der Waals surface area contributed by atoms with Gasteiger partial charge in [-0.25, -0.2) is 0 Å². The highest BCUT2D eigenvalue weighted by molar-refractivity contribution is 6.40. The van der Waals surface area contributed by atoms with Crippen molar-refractivity contribution in [1.82, 2.24) is 4.90 Å². The Morgan fingerprint density at radius 2 is 1.83 bits per heavy atom. The summed E-state index contributed by atoms with van der Waals surface area (Å²) in [5, 5.41) is 5.91. The van der Waals surface area contributed by atoms with Crippen LogP contribution >= 0.6 is 0 Å². The van der Waals surface area contributed by atoms with Gasteiger partial charge >= 0.3 is 0 Å². The molecule has 2 unspecified atom stereocenters. The number of anilines is 1. The van der Waals surface area contributed by atoms with E-state index in [1.165, 1.54) is 9.91 Å². The smallest absolute Gasteiger partial charge is 0.270 e. The zero-order valence-electron chi connectivity index (χ0n) is 16.0. The Bertz CT molecular complexity index is 947. The second-order valence-corrected chi connectivity index (χ2v) is 7.03. The summed E-state index contributed by atoms with van der Waals surface area (Å²) in [6.07, 6.45) is -0.129. The highest BCUT2D eigenvalue weighted by atomic mass is 16.6. The van der Waals surface area contributed by atoms with E-state index in [1.54, 1.807) is 7.05 Å². The Labute approximate surface area is 168 Å². The van der Waals surface area contributed by atoms with Crippen molar-refractivity contribution in [1.29, 1.82) is 0 Å². The average molecular weight is 394 g/mol. The quantitative estimate of drug-likeness (QED) is 0.827. The SMILES string of the molecule is CN(CC1COc2ccccc2O1)C(=O)C1=NN(c2ccccc2)C(C(N)=O)C1. The molecule has 0 bridgehead atoms. The molecule has 4 rings (SSSR count). The van der Waals surface area contributed by atoms with E-state index in [1.807, 2.05) is 54.6 Å². The lowest BCUT2D eigenvalue weighted by molar-refractivity contribution is -0.124. The van der Waals surface area contributed by atoms with E-state index in [9.17, 15) is 9.59 Å². The standard InChI is InChI=1S/C21H22N4O4/c1-24(12-15-13-28-18-9-5-6-10-19(18)29-15)21(27)16-11-17(20(22)26)25(23-16)14-7-3-2-4-8-14/h2-10,15,17H,11-13H2,1H3,(H2,22,26). The third kappa shape index (κ3) is 3.87. The number of likely N-dealkylation sites (N-methyl/N-ethyl adjacent to an activating group) is 1. The molecule has 0 aliphatic carbocycles. The van der Waals surface area contributed by atoms with Crippen molar-refractivity contribution in [2.24, 2.45) is 10.8 Å². The van der Waals surface area contributed by atoms with Crippen molar-refractivity contribution in [3.63, 3.8) is 0 Å². The van der Waals surface area contributed by atoms with Crippen LogP contribution < -0.4 is 20.2 Å². The van der Waals surface area contributed by atoms with Crippen molar-refractivity contribution in [2.75, 3.05) is 25.2 Å². The van der Waals surface area contributed by atoms with E-state index in [4.69, 9.17) is 15.2 Å². The maximum absolute atomic E-state index is 12.9. The normalized spacial score (nSPS) is 20.2. The van der Waals surface area contributed by atoms with Gasteiger partial charge in [-0.05, 0) is 24.3 Å². The molecule has 0 spiro atoms. The van der Waals surface area contributed by atoms with Crippen LogP contribution in [0.3, 0.4) is 0 Å². The number of hydrogen-bond donors (Lipinski definition) is 1. The van der Waals surface area contributed by atoms with Crippen LogP contribution in [-0.4, -0.2) is 54.8 Å². The summed E-state index contributed by atoms with van der Waals surface area (Å²) in [6.45, 7) is 0.680. The number of benzene rings is 2. The van der Waals surface area contributed by atoms with Gasteiger partial charge in [-0.15, -0.1) is 0 Å². The first-order valence-electron chi connectivity index (χ1n) is 9.38. The number of nitrogens with zero attached hydrogens (tertiary/aromatic N) is 3. The van der Waals surface area contributed by atoms with Gasteiger partial charge in [0.25, 0.3) is 5.91 Å². The maximum atomic E-state index is 12.9. The number of carbonyl (C=O) groups is 2. The number of rotatable bonds is 5. The van der Waals surface area contributed by atoms with Crippen LogP contribution in [0.5, 0.6) is 11.5 Å². The zero-order chi connectivity index (χ0) is 20.4. The topological polar surface area (TPSA) is 97.5 Å². The van der Waals surface area contributed by atoms with Gasteiger partial charge in [0.1, 0.15) is 18.4 Å². The molecule has 8 heteroatoms. The van der Waals surface area contributed by atoms with Gasteiger partial charge in [-0.1, -0.05) is 30.3 Å². The lowest BCUT2D eigenvalue weighted by Crippen LogP contribution is -2.44. The van der Waals surface area contributed by atoms with E-state index in [0.717, 1.165) is 0 Å². The summed E-state index contributed by atoms with van der Waals surface area (Å²) >= 11 is 0. The van der Waals surface area contributed by atoms with Crippen LogP contribution in [0.2, 0.25) is 0 Å². The summed E-state index contributed by atoms with van der Waals surface area (Å²) in [4.78, 5) is 26.4. The number of para-hydroxylation sites is 3. The molecular weight excluding hydrogens is 372 g/mol. The minimum atomic E-state index is -0.689. The lowest BCUT2D eigenvalue weighted by Gasteiger charge is -2.29. The van der Waals surface area contributed by atoms with Crippen LogP contribution in [0, 0.1) is 0 Å². The van der Waals surface area contributed by atoms with Crippen LogP contribution in [0.15, 0.2) is 59.7 Å². The number of carbonyl (C=O) groups excluding carboxylic acids is 2. The van der Waals surface area contributed by atoms with E-state index < -0.39 is 11.9 Å². The fourth-order valence-corrected chi connectivity index (χ4v) is 3.44. The van der Waals surface area contributed by atoms with Crippen LogP contribution in [0.4, 0.5) is 5.69 Å². The highest BCUT2D eigenvalue weighted by Crippen LogP contribution is 2.31. The molecule has 2 atom stereocenters. The molecule has 2 aromatic carbocycles. The van der Waals surface area contributed by atoms with Crippen molar-refractivity contribution in [3.8, 4) is 11.5 Å². The molecule has 2 aromatic rings. The molecule has 2 heterocycles. The predicted octanol–water partition coefficient (Wildman–Crippen LogP) is 1.40. The Balaban J connectivity index is 1.45. The molecule has 0 saturated heterocycles. The largest absolute Gasteiger partial charge is 0.486 e. The van der Waals surface area contributed by atoms with Gasteiger partial charge in [0, 0.05) is 13.5 Å². The molecule has 29 heavy (non-hydrogen) atoms. The number of fused-ring (bicyclic) bond motifs is 1. The number of nitrogens with two attached hydrogens (primary N) is 1. The number of amides is 2. The van der Waals surface area contributed by atoms with Gasteiger partial charge < -0.3 is 20.1 Å². The molecule has 0 saturated carbocycles. The molecule has 0 radical (unpaired) electrons. The monoisotopic (exact) mass is 394 g/mol. The van der Waals surface area contributed by atoms with Crippen LogP contribution in [-0.2, 0) is 9.59 Å². The van der Waals surface area contributed by atoms with E-state index >= 15 is 0 Å². The summed E-state index contributed by atoms with van der Waals surface area (Å²) in [5.74, 6) is 0.563. The third-order valence-corrected chi connectivity index (χ3v) is 4.90. The summed E-state index contributed by atoms with van der Waals surface area (Å²) in [5.41, 5.74) is 6.54. The Morgan fingerprint density at radius 1 is 1.14 bits per heavy atom. The summed E-state index contributed by atoms with van der Waals surface area (Å²) in [6, 6.07) is 15.9. The molecular formula is C21H22N4O4. The minimum absolute atomic E-state index is 0.165. The van der Waals surface area contributed by atoms with E-state index in [2.05, 4.69) is 5.10 Å². The maximum Gasteiger partial charge on any atom is 0.270 e. The van der Waals surface area contributed by atoms with Gasteiger partial charge in [0.2, 0.25) is 5.91 Å². The number of ether oxygens (including phenoxy) is 2. The Morgan fingerprint density at radius 3 is 2.55 bits per heavy atom. The number of primary amides is 1. The first kappa shape index (κ1) is 18.8. The van der Waals surface area contributed by atoms with Gasteiger partial charge in [-0.2, -0.15) is 5.10 Å². The van der Waals surface area contributed by atoms with Gasteiger partial charge in [0.15, 0.2) is 17.6 Å². The average Bonchev–Trinajstić information content (AvgIpc) is 3.19. The first-order chi connectivity index (χ1) is 14.0. The summed E-state index contributed by atoms with van der Waals surface area (Å²) in [7, 11) is 1.68. The van der Waals surface area contributed by atoms with Crippen molar-refractivity contribution in [2.45, 2.75) is 18.6 Å². The fourth-order valence-electron chi connectivity index (χ4n) is 3.44. The van der Waals surface area contributed by atoms with Crippen molar-refractivity contribution < 1.29 is 19.1 Å². The molecule has 150 valence electrons. The first-order valence-corrected chi connectivity index (χ1v) is 9.38. The van der Waals surface area contributed by atoms with Crippen LogP contribution in [0.1, 0.15) is 6.42 Å². The molecule has 8 nitrogen and oxygen atoms in total. The van der Waals surface area contributed by atoms with Gasteiger partial charge in [0.05, 0.1) is 12.2 Å². The number of hydrazone groups is 1. The zero-order valence-corrected chi connectivity index (χ0v) is 16.0. The Kier molecular flexibility index (Phi) is 5.07.